The van der Waals surface area contributed by atoms with Crippen molar-refractivity contribution in [1.29, 1.82) is 0 Å². The van der Waals surface area contributed by atoms with E-state index in [4.69, 9.17) is 11.6 Å². The SMILES string of the molecule is CCc1nncn1CCNc1ncc(C(F)(F)F)cc1Cl. The van der Waals surface area contributed by atoms with E-state index in [0.717, 1.165) is 24.5 Å². The fourth-order valence-electron chi connectivity index (χ4n) is 1.76. The van der Waals surface area contributed by atoms with Crippen LogP contribution in [0.3, 0.4) is 0 Å². The maximum Gasteiger partial charge on any atom is 0.417 e. The van der Waals surface area contributed by atoms with Gasteiger partial charge in [0.05, 0.1) is 10.6 Å². The zero-order valence-electron chi connectivity index (χ0n) is 11.2. The summed E-state index contributed by atoms with van der Waals surface area (Å²) in [4.78, 5) is 3.70. The van der Waals surface area contributed by atoms with Gasteiger partial charge >= 0.3 is 6.18 Å². The Morgan fingerprint density at radius 1 is 1.38 bits per heavy atom. The fourth-order valence-corrected chi connectivity index (χ4v) is 1.99. The van der Waals surface area contributed by atoms with Gasteiger partial charge in [0.15, 0.2) is 0 Å². The minimum absolute atomic E-state index is 0.0655. The molecule has 0 aliphatic rings. The van der Waals surface area contributed by atoms with Gasteiger partial charge in [-0.2, -0.15) is 13.2 Å². The van der Waals surface area contributed by atoms with Crippen LogP contribution in [0.4, 0.5) is 19.0 Å². The first-order valence-corrected chi connectivity index (χ1v) is 6.63. The van der Waals surface area contributed by atoms with E-state index < -0.39 is 11.7 Å². The number of anilines is 1. The van der Waals surface area contributed by atoms with Crippen molar-refractivity contribution in [3.63, 3.8) is 0 Å². The van der Waals surface area contributed by atoms with E-state index in [9.17, 15) is 13.2 Å². The van der Waals surface area contributed by atoms with Crippen molar-refractivity contribution in [2.45, 2.75) is 26.1 Å². The monoisotopic (exact) mass is 319 g/mol. The molecule has 114 valence electrons. The van der Waals surface area contributed by atoms with Crippen LogP contribution in [-0.2, 0) is 19.1 Å². The third kappa shape index (κ3) is 3.84. The number of pyridine rings is 1. The van der Waals surface area contributed by atoms with Gasteiger partial charge in [0, 0.05) is 25.7 Å². The van der Waals surface area contributed by atoms with Gasteiger partial charge in [0.1, 0.15) is 18.0 Å². The van der Waals surface area contributed by atoms with Gasteiger partial charge in [-0.1, -0.05) is 18.5 Å². The lowest BCUT2D eigenvalue weighted by molar-refractivity contribution is -0.137. The van der Waals surface area contributed by atoms with Crippen LogP contribution in [-0.4, -0.2) is 26.3 Å². The lowest BCUT2D eigenvalue weighted by atomic mass is 10.3. The minimum Gasteiger partial charge on any atom is -0.367 e. The quantitative estimate of drug-likeness (QED) is 0.920. The van der Waals surface area contributed by atoms with E-state index in [-0.39, 0.29) is 10.8 Å². The van der Waals surface area contributed by atoms with Gasteiger partial charge in [-0.05, 0) is 6.07 Å². The molecule has 9 heteroatoms. The molecule has 0 aromatic carbocycles. The third-order valence-electron chi connectivity index (χ3n) is 2.83. The van der Waals surface area contributed by atoms with Gasteiger partial charge in [0.25, 0.3) is 0 Å². The molecular formula is C12H13ClF3N5. The highest BCUT2D eigenvalue weighted by Gasteiger charge is 2.31. The van der Waals surface area contributed by atoms with Crippen molar-refractivity contribution >= 4 is 17.4 Å². The minimum atomic E-state index is -4.45. The molecule has 2 rings (SSSR count). The molecule has 0 saturated heterocycles. The summed E-state index contributed by atoms with van der Waals surface area (Å²) >= 11 is 5.80. The molecule has 0 aliphatic carbocycles. The maximum absolute atomic E-state index is 12.5. The van der Waals surface area contributed by atoms with Crippen LogP contribution in [0, 0.1) is 0 Å². The molecule has 5 nitrogen and oxygen atoms in total. The van der Waals surface area contributed by atoms with Crippen molar-refractivity contribution < 1.29 is 13.2 Å². The Labute approximate surface area is 124 Å². The Hall–Kier alpha value is -1.83. The van der Waals surface area contributed by atoms with E-state index in [1.807, 2.05) is 11.5 Å². The smallest absolute Gasteiger partial charge is 0.367 e. The number of alkyl halides is 3. The molecule has 2 aromatic heterocycles. The van der Waals surface area contributed by atoms with E-state index in [1.165, 1.54) is 0 Å². The molecule has 21 heavy (non-hydrogen) atoms. The molecule has 0 fully saturated rings. The number of nitrogens with zero attached hydrogens (tertiary/aromatic N) is 4. The van der Waals surface area contributed by atoms with Crippen LogP contribution < -0.4 is 5.32 Å². The highest BCUT2D eigenvalue weighted by atomic mass is 35.5. The van der Waals surface area contributed by atoms with E-state index in [2.05, 4.69) is 20.5 Å². The van der Waals surface area contributed by atoms with Crippen LogP contribution in [0.1, 0.15) is 18.3 Å². The van der Waals surface area contributed by atoms with Crippen molar-refractivity contribution in [1.82, 2.24) is 19.7 Å². The molecule has 0 aliphatic heterocycles. The fraction of sp³-hybridized carbons (Fsp3) is 0.417. The summed E-state index contributed by atoms with van der Waals surface area (Å²) in [6.07, 6.45) is -1.35. The zero-order valence-corrected chi connectivity index (χ0v) is 11.9. The molecule has 0 spiro atoms. The number of aryl methyl sites for hydroxylation is 1. The largest absolute Gasteiger partial charge is 0.417 e. The van der Waals surface area contributed by atoms with E-state index in [0.29, 0.717) is 13.1 Å². The molecule has 2 aromatic rings. The summed E-state index contributed by atoms with van der Waals surface area (Å²) in [6, 6.07) is 0.854. The van der Waals surface area contributed by atoms with Crippen LogP contribution in [0.5, 0.6) is 0 Å². The number of aromatic nitrogens is 4. The molecule has 1 N–H and O–H groups in total. The van der Waals surface area contributed by atoms with E-state index in [1.54, 1.807) is 6.33 Å². The van der Waals surface area contributed by atoms with Gasteiger partial charge in [-0.25, -0.2) is 4.98 Å². The van der Waals surface area contributed by atoms with Gasteiger partial charge in [-0.15, -0.1) is 10.2 Å². The summed E-state index contributed by atoms with van der Waals surface area (Å²) < 4.78 is 39.3. The van der Waals surface area contributed by atoms with Crippen LogP contribution in [0.2, 0.25) is 5.02 Å². The average molecular weight is 320 g/mol. The topological polar surface area (TPSA) is 55.6 Å². The molecule has 2 heterocycles. The number of hydrogen-bond donors (Lipinski definition) is 1. The third-order valence-corrected chi connectivity index (χ3v) is 3.11. The molecule has 0 amide bonds. The van der Waals surface area contributed by atoms with Gasteiger partial charge < -0.3 is 9.88 Å². The summed E-state index contributed by atoms with van der Waals surface area (Å²) in [7, 11) is 0. The number of halogens is 4. The maximum atomic E-state index is 12.5. The second-order valence-corrected chi connectivity index (χ2v) is 4.68. The summed E-state index contributed by atoms with van der Waals surface area (Å²) in [5.74, 6) is 1.05. The Bertz CT molecular complexity index is 611. The average Bonchev–Trinajstić information content (AvgIpc) is 2.87. The van der Waals surface area contributed by atoms with Gasteiger partial charge in [-0.3, -0.25) is 0 Å². The van der Waals surface area contributed by atoms with Crippen molar-refractivity contribution in [3.8, 4) is 0 Å². The van der Waals surface area contributed by atoms with Crippen LogP contribution >= 0.6 is 11.6 Å². The first-order chi connectivity index (χ1) is 9.91. The lowest BCUT2D eigenvalue weighted by Gasteiger charge is -2.11. The standard InChI is InChI=1S/C12H13ClF3N5/c1-2-10-20-19-7-21(10)4-3-17-11-9(13)5-8(6-18-11)12(14,15)16/h5-7H,2-4H2,1H3,(H,17,18). The molecule has 0 radical (unpaired) electrons. The second kappa shape index (κ2) is 6.30. The predicted octanol–water partition coefficient (Wildman–Crippen LogP) is 3.02. The predicted molar refractivity (Wildman–Crippen MR) is 72.1 cm³/mol. The van der Waals surface area contributed by atoms with Crippen molar-refractivity contribution in [3.05, 3.63) is 35.0 Å². The molecule has 0 unspecified atom stereocenters. The Morgan fingerprint density at radius 2 is 2.14 bits per heavy atom. The Kier molecular flexibility index (Phi) is 4.66. The lowest BCUT2D eigenvalue weighted by Crippen LogP contribution is -2.14. The number of hydrogen-bond acceptors (Lipinski definition) is 4. The summed E-state index contributed by atoms with van der Waals surface area (Å²) in [5.41, 5.74) is -0.870. The summed E-state index contributed by atoms with van der Waals surface area (Å²) in [5, 5.41) is 10.6. The Balaban J connectivity index is 1.98. The zero-order chi connectivity index (χ0) is 15.5. The Morgan fingerprint density at radius 3 is 2.76 bits per heavy atom. The first kappa shape index (κ1) is 15.6. The molecule has 0 bridgehead atoms. The van der Waals surface area contributed by atoms with E-state index >= 15 is 0 Å². The second-order valence-electron chi connectivity index (χ2n) is 4.27. The molecular weight excluding hydrogens is 307 g/mol. The van der Waals surface area contributed by atoms with Crippen molar-refractivity contribution in [2.24, 2.45) is 0 Å². The normalized spacial score (nSPS) is 11.7. The molecule has 0 atom stereocenters. The van der Waals surface area contributed by atoms with Crippen molar-refractivity contribution in [2.75, 3.05) is 11.9 Å². The van der Waals surface area contributed by atoms with Crippen LogP contribution in [0.25, 0.3) is 0 Å². The van der Waals surface area contributed by atoms with Crippen LogP contribution in [0.15, 0.2) is 18.6 Å². The molecule has 0 saturated carbocycles. The van der Waals surface area contributed by atoms with Gasteiger partial charge in [0.2, 0.25) is 0 Å². The highest BCUT2D eigenvalue weighted by Crippen LogP contribution is 2.32. The number of nitrogens with one attached hydrogen (secondary N) is 1. The number of rotatable bonds is 5. The highest BCUT2D eigenvalue weighted by molar-refractivity contribution is 6.32. The summed E-state index contributed by atoms with van der Waals surface area (Å²) in [6.45, 7) is 2.97. The first-order valence-electron chi connectivity index (χ1n) is 6.25.